The summed E-state index contributed by atoms with van der Waals surface area (Å²) in [6, 6.07) is 5.54. The lowest BCUT2D eigenvalue weighted by molar-refractivity contribution is -0.117. The average molecular weight is 351 g/mol. The molecule has 1 heterocycles. The number of aromatic nitrogens is 1. The summed E-state index contributed by atoms with van der Waals surface area (Å²) >= 11 is 7.58. The van der Waals surface area contributed by atoms with Gasteiger partial charge in [0.1, 0.15) is 5.75 Å². The molecule has 1 fully saturated rings. The molecule has 1 aliphatic carbocycles. The van der Waals surface area contributed by atoms with Crippen LogP contribution < -0.4 is 10.1 Å². The molecule has 0 radical (unpaired) electrons. The Morgan fingerprint density at radius 3 is 2.91 bits per heavy atom. The Labute approximate surface area is 144 Å². The molecule has 0 unspecified atom stereocenters. The first-order valence-corrected chi connectivity index (χ1v) is 9.01. The van der Waals surface area contributed by atoms with Gasteiger partial charge in [0.25, 0.3) is 0 Å². The Hall–Kier alpha value is -1.59. The molecule has 0 saturated heterocycles. The second-order valence-corrected chi connectivity index (χ2v) is 7.06. The number of anilines is 1. The predicted octanol–water partition coefficient (Wildman–Crippen LogP) is 4.99. The Morgan fingerprint density at radius 1 is 1.43 bits per heavy atom. The molecule has 3 rings (SSSR count). The fourth-order valence-corrected chi connectivity index (χ4v) is 3.93. The topological polar surface area (TPSA) is 51.2 Å². The average Bonchev–Trinajstić information content (AvgIpc) is 3.19. The summed E-state index contributed by atoms with van der Waals surface area (Å²) in [6.45, 7) is 0. The lowest BCUT2D eigenvalue weighted by Crippen LogP contribution is -2.14. The maximum atomic E-state index is 12.1. The highest BCUT2D eigenvalue weighted by molar-refractivity contribution is 7.14. The largest absolute Gasteiger partial charge is 0.495 e. The third kappa shape index (κ3) is 4.03. The number of nitrogens with one attached hydrogen (secondary N) is 1. The molecule has 1 aromatic carbocycles. The van der Waals surface area contributed by atoms with Crippen LogP contribution in [0.25, 0.3) is 11.3 Å². The highest BCUT2D eigenvalue weighted by Crippen LogP contribution is 2.32. The van der Waals surface area contributed by atoms with E-state index in [-0.39, 0.29) is 5.91 Å². The van der Waals surface area contributed by atoms with E-state index in [9.17, 15) is 4.79 Å². The van der Waals surface area contributed by atoms with Crippen LogP contribution in [-0.2, 0) is 4.79 Å². The maximum Gasteiger partial charge on any atom is 0.226 e. The summed E-state index contributed by atoms with van der Waals surface area (Å²) in [4.78, 5) is 16.5. The molecule has 2 aromatic rings. The van der Waals surface area contributed by atoms with Crippen LogP contribution >= 0.6 is 22.9 Å². The van der Waals surface area contributed by atoms with Crippen molar-refractivity contribution in [1.29, 1.82) is 0 Å². The summed E-state index contributed by atoms with van der Waals surface area (Å²) in [5.74, 6) is 1.23. The molecule has 122 valence electrons. The summed E-state index contributed by atoms with van der Waals surface area (Å²) in [7, 11) is 1.59. The smallest absolute Gasteiger partial charge is 0.226 e. The van der Waals surface area contributed by atoms with E-state index in [1.165, 1.54) is 37.0 Å². The van der Waals surface area contributed by atoms with Crippen LogP contribution in [0.3, 0.4) is 0 Å². The van der Waals surface area contributed by atoms with E-state index in [0.29, 0.717) is 28.2 Å². The van der Waals surface area contributed by atoms with Crippen LogP contribution in [0.1, 0.15) is 32.1 Å². The number of amides is 1. The summed E-state index contributed by atoms with van der Waals surface area (Å²) in [5, 5.41) is 6.01. The first kappa shape index (κ1) is 16.3. The lowest BCUT2D eigenvalue weighted by Gasteiger charge is -2.07. The van der Waals surface area contributed by atoms with Gasteiger partial charge in [-0.05, 0) is 37.0 Å². The number of rotatable bonds is 5. The zero-order valence-electron chi connectivity index (χ0n) is 13.0. The summed E-state index contributed by atoms with van der Waals surface area (Å²) in [5.41, 5.74) is 1.71. The van der Waals surface area contributed by atoms with E-state index in [4.69, 9.17) is 16.3 Å². The molecule has 0 spiro atoms. The van der Waals surface area contributed by atoms with Gasteiger partial charge in [-0.2, -0.15) is 0 Å². The van der Waals surface area contributed by atoms with E-state index in [2.05, 4.69) is 10.3 Å². The van der Waals surface area contributed by atoms with Gasteiger partial charge in [0, 0.05) is 17.4 Å². The van der Waals surface area contributed by atoms with Crippen molar-refractivity contribution in [2.45, 2.75) is 32.1 Å². The Kier molecular flexibility index (Phi) is 5.18. The van der Waals surface area contributed by atoms with Crippen LogP contribution in [0.4, 0.5) is 5.13 Å². The first-order chi connectivity index (χ1) is 11.2. The molecule has 1 saturated carbocycles. The molecule has 1 aliphatic rings. The van der Waals surface area contributed by atoms with Crippen molar-refractivity contribution in [2.24, 2.45) is 5.92 Å². The molecule has 4 nitrogen and oxygen atoms in total. The molecular weight excluding hydrogens is 332 g/mol. The van der Waals surface area contributed by atoms with Crippen LogP contribution in [0.15, 0.2) is 23.6 Å². The predicted molar refractivity (Wildman–Crippen MR) is 94.3 cm³/mol. The van der Waals surface area contributed by atoms with E-state index in [0.717, 1.165) is 11.3 Å². The molecule has 1 N–H and O–H groups in total. The van der Waals surface area contributed by atoms with Crippen molar-refractivity contribution in [3.63, 3.8) is 0 Å². The van der Waals surface area contributed by atoms with Gasteiger partial charge in [0.15, 0.2) is 5.13 Å². The van der Waals surface area contributed by atoms with Gasteiger partial charge in [0.2, 0.25) is 5.91 Å². The van der Waals surface area contributed by atoms with Gasteiger partial charge in [0.05, 0.1) is 17.8 Å². The number of hydrogen-bond acceptors (Lipinski definition) is 4. The highest BCUT2D eigenvalue weighted by Gasteiger charge is 2.19. The molecule has 0 aliphatic heterocycles. The fraction of sp³-hybridized carbons (Fsp3) is 0.412. The van der Waals surface area contributed by atoms with Gasteiger partial charge in [-0.15, -0.1) is 11.3 Å². The van der Waals surface area contributed by atoms with E-state index in [1.807, 2.05) is 23.6 Å². The van der Waals surface area contributed by atoms with Gasteiger partial charge in [-0.3, -0.25) is 4.79 Å². The normalized spacial score (nSPS) is 14.9. The number of halogens is 1. The zero-order valence-corrected chi connectivity index (χ0v) is 14.5. The van der Waals surface area contributed by atoms with Crippen molar-refractivity contribution >= 4 is 34.0 Å². The third-order valence-corrected chi connectivity index (χ3v) is 5.20. The number of thiazole rings is 1. The highest BCUT2D eigenvalue weighted by atomic mass is 35.5. The first-order valence-electron chi connectivity index (χ1n) is 7.75. The molecule has 0 bridgehead atoms. The monoisotopic (exact) mass is 350 g/mol. The number of nitrogens with zero attached hydrogens (tertiary/aromatic N) is 1. The van der Waals surface area contributed by atoms with E-state index >= 15 is 0 Å². The number of carbonyl (C=O) groups is 1. The van der Waals surface area contributed by atoms with Gasteiger partial charge >= 0.3 is 0 Å². The van der Waals surface area contributed by atoms with Crippen LogP contribution in [0.5, 0.6) is 5.75 Å². The standard InChI is InChI=1S/C17H19ClN2O2S/c1-22-15-7-6-12(9-13(15)18)14-10-23-17(19-14)20-16(21)8-11-4-2-3-5-11/h6-7,9-11H,2-5,8H2,1H3,(H,19,20,21). The maximum absolute atomic E-state index is 12.1. The van der Waals surface area contributed by atoms with Crippen molar-refractivity contribution in [3.05, 3.63) is 28.6 Å². The summed E-state index contributed by atoms with van der Waals surface area (Å²) in [6.07, 6.45) is 5.43. The molecule has 1 aromatic heterocycles. The number of ether oxygens (including phenoxy) is 1. The number of benzene rings is 1. The van der Waals surface area contributed by atoms with Gasteiger partial charge in [-0.25, -0.2) is 4.98 Å². The van der Waals surface area contributed by atoms with Crippen LogP contribution in [0.2, 0.25) is 5.02 Å². The Bertz CT molecular complexity index is 696. The van der Waals surface area contributed by atoms with Crippen LogP contribution in [-0.4, -0.2) is 18.0 Å². The molecule has 6 heteroatoms. The van der Waals surface area contributed by atoms with Gasteiger partial charge in [-0.1, -0.05) is 24.4 Å². The van der Waals surface area contributed by atoms with Crippen molar-refractivity contribution in [3.8, 4) is 17.0 Å². The number of carbonyl (C=O) groups excluding carboxylic acids is 1. The molecule has 23 heavy (non-hydrogen) atoms. The minimum absolute atomic E-state index is 0.0607. The quantitative estimate of drug-likeness (QED) is 0.826. The molecular formula is C17H19ClN2O2S. The minimum Gasteiger partial charge on any atom is -0.495 e. The Morgan fingerprint density at radius 2 is 2.22 bits per heavy atom. The van der Waals surface area contributed by atoms with E-state index < -0.39 is 0 Å². The lowest BCUT2D eigenvalue weighted by atomic mass is 10.0. The third-order valence-electron chi connectivity index (χ3n) is 4.15. The van der Waals surface area contributed by atoms with Crippen molar-refractivity contribution in [1.82, 2.24) is 4.98 Å². The second-order valence-electron chi connectivity index (χ2n) is 5.79. The summed E-state index contributed by atoms with van der Waals surface area (Å²) < 4.78 is 5.15. The fourth-order valence-electron chi connectivity index (χ4n) is 2.94. The molecule has 1 amide bonds. The minimum atomic E-state index is 0.0607. The zero-order chi connectivity index (χ0) is 16.2. The Balaban J connectivity index is 1.65. The van der Waals surface area contributed by atoms with E-state index in [1.54, 1.807) is 7.11 Å². The number of hydrogen-bond donors (Lipinski definition) is 1. The van der Waals surface area contributed by atoms with Crippen LogP contribution in [0, 0.1) is 5.92 Å². The molecule has 0 atom stereocenters. The number of methoxy groups -OCH3 is 1. The van der Waals surface area contributed by atoms with Gasteiger partial charge < -0.3 is 10.1 Å². The SMILES string of the molecule is COc1ccc(-c2csc(NC(=O)CC3CCCC3)n2)cc1Cl. The van der Waals surface area contributed by atoms with Crippen molar-refractivity contribution < 1.29 is 9.53 Å². The van der Waals surface area contributed by atoms with Crippen molar-refractivity contribution in [2.75, 3.05) is 12.4 Å². The second kappa shape index (κ2) is 7.32.